The third kappa shape index (κ3) is 4.30. The summed E-state index contributed by atoms with van der Waals surface area (Å²) in [6, 6.07) is 9.87. The van der Waals surface area contributed by atoms with Crippen LogP contribution in [-0.4, -0.2) is 47.9 Å². The van der Waals surface area contributed by atoms with E-state index in [1.807, 2.05) is 51.1 Å². The summed E-state index contributed by atoms with van der Waals surface area (Å²) in [5, 5.41) is 3.11. The molecule has 0 radical (unpaired) electrons. The summed E-state index contributed by atoms with van der Waals surface area (Å²) in [7, 11) is 0. The van der Waals surface area contributed by atoms with Gasteiger partial charge in [-0.3, -0.25) is 14.6 Å². The maximum absolute atomic E-state index is 12.7. The minimum absolute atomic E-state index is 0.0666. The topological polar surface area (TPSA) is 48.7 Å². The molecule has 0 spiro atoms. The summed E-state index contributed by atoms with van der Waals surface area (Å²) < 4.78 is 5.42. The molecule has 1 aromatic heterocycles. The van der Waals surface area contributed by atoms with Gasteiger partial charge in [0.2, 0.25) is 5.91 Å². The molecule has 0 unspecified atom stereocenters. The molecule has 1 saturated heterocycles. The lowest BCUT2D eigenvalue weighted by Crippen LogP contribution is -2.52. The highest BCUT2D eigenvalue weighted by Gasteiger charge is 2.26. The summed E-state index contributed by atoms with van der Waals surface area (Å²) in [4.78, 5) is 17.3. The highest BCUT2D eigenvalue weighted by atomic mass is 16.3. The van der Waals surface area contributed by atoms with Gasteiger partial charge in [-0.05, 0) is 44.0 Å². The van der Waals surface area contributed by atoms with Crippen LogP contribution in [0.1, 0.15) is 23.8 Å². The summed E-state index contributed by atoms with van der Waals surface area (Å²) >= 11 is 0. The van der Waals surface area contributed by atoms with E-state index in [1.165, 1.54) is 0 Å². The standard InChI is InChI=1S/C20H27N3O2/c1-15-6-4-7-16(2)19(15)21-20(24)17(3)23-11-9-22(10-12-23)14-18-8-5-13-25-18/h4-8,13,17H,9-12,14H2,1-3H3,(H,21,24)/t17-/m0/s1. The van der Waals surface area contributed by atoms with Crippen LogP contribution in [-0.2, 0) is 11.3 Å². The first-order chi connectivity index (χ1) is 12.0. The molecule has 25 heavy (non-hydrogen) atoms. The number of piperazine rings is 1. The van der Waals surface area contributed by atoms with Crippen LogP contribution < -0.4 is 5.32 Å². The Morgan fingerprint density at radius 1 is 1.12 bits per heavy atom. The lowest BCUT2D eigenvalue weighted by molar-refractivity contribution is -0.121. The Morgan fingerprint density at radius 2 is 1.80 bits per heavy atom. The van der Waals surface area contributed by atoms with E-state index in [2.05, 4.69) is 15.1 Å². The van der Waals surface area contributed by atoms with Crippen molar-refractivity contribution in [2.75, 3.05) is 31.5 Å². The SMILES string of the molecule is Cc1cccc(C)c1NC(=O)[C@H](C)N1CCN(Cc2ccco2)CC1. The second kappa shape index (κ2) is 7.85. The van der Waals surface area contributed by atoms with Crippen molar-refractivity contribution in [1.29, 1.82) is 0 Å². The maximum Gasteiger partial charge on any atom is 0.241 e. The lowest BCUT2D eigenvalue weighted by atomic mass is 10.1. The molecule has 0 saturated carbocycles. The number of para-hydroxylation sites is 1. The molecule has 2 heterocycles. The molecule has 1 aliphatic heterocycles. The Labute approximate surface area is 149 Å². The van der Waals surface area contributed by atoms with Gasteiger partial charge in [0, 0.05) is 31.9 Å². The van der Waals surface area contributed by atoms with E-state index in [1.54, 1.807) is 6.26 Å². The van der Waals surface area contributed by atoms with Crippen molar-refractivity contribution in [1.82, 2.24) is 9.80 Å². The highest BCUT2D eigenvalue weighted by Crippen LogP contribution is 2.20. The second-order valence-corrected chi connectivity index (χ2v) is 6.82. The molecule has 134 valence electrons. The number of anilines is 1. The summed E-state index contributed by atoms with van der Waals surface area (Å²) in [6.07, 6.45) is 1.71. The number of nitrogens with zero attached hydrogens (tertiary/aromatic N) is 2. The molecule has 1 aromatic carbocycles. The number of rotatable bonds is 5. The normalized spacial score (nSPS) is 17.4. The van der Waals surface area contributed by atoms with E-state index in [0.29, 0.717) is 0 Å². The van der Waals surface area contributed by atoms with Crippen LogP contribution in [0.4, 0.5) is 5.69 Å². The Morgan fingerprint density at radius 3 is 2.40 bits per heavy atom. The van der Waals surface area contributed by atoms with Gasteiger partial charge in [-0.15, -0.1) is 0 Å². The summed E-state index contributed by atoms with van der Waals surface area (Å²) in [5.74, 6) is 1.06. The zero-order chi connectivity index (χ0) is 17.8. The van der Waals surface area contributed by atoms with Crippen molar-refractivity contribution in [3.63, 3.8) is 0 Å². The number of furan rings is 1. The zero-order valence-corrected chi connectivity index (χ0v) is 15.3. The first-order valence-corrected chi connectivity index (χ1v) is 8.90. The van der Waals surface area contributed by atoms with Crippen molar-refractivity contribution in [3.05, 3.63) is 53.5 Å². The largest absolute Gasteiger partial charge is 0.468 e. The molecular weight excluding hydrogens is 314 g/mol. The number of amides is 1. The summed E-state index contributed by atoms with van der Waals surface area (Å²) in [5.41, 5.74) is 3.14. The highest BCUT2D eigenvalue weighted by molar-refractivity contribution is 5.95. The van der Waals surface area contributed by atoms with Gasteiger partial charge in [0.1, 0.15) is 5.76 Å². The van der Waals surface area contributed by atoms with E-state index >= 15 is 0 Å². The number of nitrogens with one attached hydrogen (secondary N) is 1. The number of carbonyl (C=O) groups excluding carboxylic acids is 1. The van der Waals surface area contributed by atoms with Crippen LogP contribution in [0, 0.1) is 13.8 Å². The third-order valence-corrected chi connectivity index (χ3v) is 5.02. The van der Waals surface area contributed by atoms with Crippen molar-refractivity contribution in [2.45, 2.75) is 33.4 Å². The lowest BCUT2D eigenvalue weighted by Gasteiger charge is -2.37. The molecule has 5 heteroatoms. The van der Waals surface area contributed by atoms with E-state index in [9.17, 15) is 4.79 Å². The van der Waals surface area contributed by atoms with Crippen LogP contribution in [0.2, 0.25) is 0 Å². The Hall–Kier alpha value is -2.11. The molecule has 0 aliphatic carbocycles. The Balaban J connectivity index is 1.53. The average molecular weight is 341 g/mol. The molecule has 0 bridgehead atoms. The molecule has 3 rings (SSSR count). The van der Waals surface area contributed by atoms with Gasteiger partial charge in [0.15, 0.2) is 0 Å². The molecule has 2 aromatic rings. The van der Waals surface area contributed by atoms with Gasteiger partial charge < -0.3 is 9.73 Å². The molecular formula is C20H27N3O2. The Bertz CT molecular complexity index is 683. The van der Waals surface area contributed by atoms with Gasteiger partial charge in [-0.2, -0.15) is 0 Å². The number of aryl methyl sites for hydroxylation is 2. The van der Waals surface area contributed by atoms with Crippen LogP contribution in [0.25, 0.3) is 0 Å². The number of hydrogen-bond acceptors (Lipinski definition) is 4. The molecule has 1 N–H and O–H groups in total. The minimum Gasteiger partial charge on any atom is -0.468 e. The van der Waals surface area contributed by atoms with Gasteiger partial charge in [-0.25, -0.2) is 0 Å². The molecule has 1 amide bonds. The van der Waals surface area contributed by atoms with Gasteiger partial charge >= 0.3 is 0 Å². The van der Waals surface area contributed by atoms with E-state index < -0.39 is 0 Å². The fourth-order valence-electron chi connectivity index (χ4n) is 3.34. The second-order valence-electron chi connectivity index (χ2n) is 6.82. The zero-order valence-electron chi connectivity index (χ0n) is 15.3. The number of benzene rings is 1. The van der Waals surface area contributed by atoms with E-state index in [-0.39, 0.29) is 11.9 Å². The van der Waals surface area contributed by atoms with Crippen molar-refractivity contribution < 1.29 is 9.21 Å². The smallest absolute Gasteiger partial charge is 0.241 e. The van der Waals surface area contributed by atoms with Crippen LogP contribution >= 0.6 is 0 Å². The first kappa shape index (κ1) is 17.7. The van der Waals surface area contributed by atoms with Crippen molar-refractivity contribution in [3.8, 4) is 0 Å². The predicted molar refractivity (Wildman–Crippen MR) is 99.6 cm³/mol. The fraction of sp³-hybridized carbons (Fsp3) is 0.450. The number of carbonyl (C=O) groups is 1. The first-order valence-electron chi connectivity index (χ1n) is 8.90. The Kier molecular flexibility index (Phi) is 5.56. The average Bonchev–Trinajstić information content (AvgIpc) is 3.11. The maximum atomic E-state index is 12.7. The molecule has 1 fully saturated rings. The predicted octanol–water partition coefficient (Wildman–Crippen LogP) is 3.04. The minimum atomic E-state index is -0.134. The molecule has 1 aliphatic rings. The van der Waals surface area contributed by atoms with Gasteiger partial charge in [-0.1, -0.05) is 18.2 Å². The van der Waals surface area contributed by atoms with Crippen molar-refractivity contribution in [2.24, 2.45) is 0 Å². The fourth-order valence-corrected chi connectivity index (χ4v) is 3.34. The third-order valence-electron chi connectivity index (χ3n) is 5.02. The monoisotopic (exact) mass is 341 g/mol. The van der Waals surface area contributed by atoms with E-state index in [4.69, 9.17) is 4.42 Å². The van der Waals surface area contributed by atoms with Crippen molar-refractivity contribution >= 4 is 11.6 Å². The quantitative estimate of drug-likeness (QED) is 0.908. The summed E-state index contributed by atoms with van der Waals surface area (Å²) in [6.45, 7) is 10.6. The van der Waals surface area contributed by atoms with Crippen LogP contribution in [0.15, 0.2) is 41.0 Å². The van der Waals surface area contributed by atoms with Gasteiger partial charge in [0.05, 0.1) is 18.8 Å². The molecule has 1 atom stereocenters. The molecule has 5 nitrogen and oxygen atoms in total. The number of hydrogen-bond donors (Lipinski definition) is 1. The van der Waals surface area contributed by atoms with Crippen LogP contribution in [0.5, 0.6) is 0 Å². The van der Waals surface area contributed by atoms with E-state index in [0.717, 1.165) is 55.3 Å². The van der Waals surface area contributed by atoms with Crippen LogP contribution in [0.3, 0.4) is 0 Å². The van der Waals surface area contributed by atoms with Gasteiger partial charge in [0.25, 0.3) is 0 Å².